The van der Waals surface area contributed by atoms with Gasteiger partial charge in [0.05, 0.1) is 4.88 Å². The van der Waals surface area contributed by atoms with Crippen LogP contribution < -0.4 is 10.6 Å². The first-order chi connectivity index (χ1) is 12.4. The number of carboxylic acids is 1. The van der Waals surface area contributed by atoms with Crippen molar-refractivity contribution >= 4 is 34.8 Å². The van der Waals surface area contributed by atoms with Gasteiger partial charge in [0.25, 0.3) is 5.91 Å². The molecule has 7 heteroatoms. The normalized spacial score (nSPS) is 11.8. The van der Waals surface area contributed by atoms with Crippen molar-refractivity contribution < 1.29 is 19.5 Å². The second kappa shape index (κ2) is 9.15. The monoisotopic (exact) mass is 374 g/mol. The number of hydrogen-bond donors (Lipinski definition) is 3. The quantitative estimate of drug-likeness (QED) is 0.661. The lowest BCUT2D eigenvalue weighted by atomic mass is 10.0. The number of anilines is 1. The molecule has 0 aliphatic rings. The summed E-state index contributed by atoms with van der Waals surface area (Å²) in [6.45, 7) is 3.73. The molecule has 0 radical (unpaired) electrons. The molecule has 1 aromatic carbocycles. The van der Waals surface area contributed by atoms with E-state index < -0.39 is 12.0 Å². The fourth-order valence-corrected chi connectivity index (χ4v) is 3.06. The van der Waals surface area contributed by atoms with E-state index in [1.165, 1.54) is 11.3 Å². The van der Waals surface area contributed by atoms with Crippen LogP contribution in [0.3, 0.4) is 0 Å². The molecule has 0 saturated heterocycles. The average molecular weight is 374 g/mol. The SMILES string of the molecule is CC(C)C(NC(=O)c1cccs1)C(=O)Nc1cccc(CCC(=O)O)c1. The first-order valence-corrected chi connectivity index (χ1v) is 9.20. The zero-order valence-electron chi connectivity index (χ0n) is 14.7. The van der Waals surface area contributed by atoms with Gasteiger partial charge in [0.1, 0.15) is 6.04 Å². The van der Waals surface area contributed by atoms with E-state index in [1.807, 2.05) is 25.3 Å². The minimum atomic E-state index is -0.865. The summed E-state index contributed by atoms with van der Waals surface area (Å²) in [5.41, 5.74) is 1.41. The van der Waals surface area contributed by atoms with E-state index in [2.05, 4.69) is 10.6 Å². The predicted molar refractivity (Wildman–Crippen MR) is 101 cm³/mol. The van der Waals surface area contributed by atoms with E-state index in [9.17, 15) is 14.4 Å². The van der Waals surface area contributed by atoms with Crippen molar-refractivity contribution in [2.75, 3.05) is 5.32 Å². The minimum absolute atomic E-state index is 0.0306. The molecule has 0 fully saturated rings. The largest absolute Gasteiger partial charge is 0.481 e. The number of thiophene rings is 1. The van der Waals surface area contributed by atoms with Gasteiger partial charge in [0.15, 0.2) is 0 Å². The topological polar surface area (TPSA) is 95.5 Å². The smallest absolute Gasteiger partial charge is 0.303 e. The van der Waals surface area contributed by atoms with E-state index in [-0.39, 0.29) is 24.2 Å². The first kappa shape index (κ1) is 19.7. The van der Waals surface area contributed by atoms with Crippen LogP contribution in [0.5, 0.6) is 0 Å². The van der Waals surface area contributed by atoms with Crippen molar-refractivity contribution in [2.24, 2.45) is 5.92 Å². The summed E-state index contributed by atoms with van der Waals surface area (Å²) in [5, 5.41) is 16.2. The molecule has 1 unspecified atom stereocenters. The molecule has 2 aromatic rings. The minimum Gasteiger partial charge on any atom is -0.481 e. The van der Waals surface area contributed by atoms with Crippen LogP contribution in [0, 0.1) is 5.92 Å². The third kappa shape index (κ3) is 5.70. The maximum absolute atomic E-state index is 12.6. The zero-order valence-corrected chi connectivity index (χ0v) is 15.5. The van der Waals surface area contributed by atoms with Gasteiger partial charge >= 0.3 is 5.97 Å². The highest BCUT2D eigenvalue weighted by molar-refractivity contribution is 7.12. The second-order valence-electron chi connectivity index (χ2n) is 6.26. The summed E-state index contributed by atoms with van der Waals surface area (Å²) < 4.78 is 0. The third-order valence-corrected chi connectivity index (χ3v) is 4.67. The molecule has 0 aliphatic carbocycles. The van der Waals surface area contributed by atoms with Crippen LogP contribution in [0.15, 0.2) is 41.8 Å². The van der Waals surface area contributed by atoms with Crippen LogP contribution in [-0.4, -0.2) is 28.9 Å². The Balaban J connectivity index is 2.04. The summed E-state index contributed by atoms with van der Waals surface area (Å²) in [5.74, 6) is -1.53. The zero-order chi connectivity index (χ0) is 19.1. The van der Waals surface area contributed by atoms with Gasteiger partial charge in [-0.1, -0.05) is 32.0 Å². The van der Waals surface area contributed by atoms with Crippen molar-refractivity contribution in [3.63, 3.8) is 0 Å². The summed E-state index contributed by atoms with van der Waals surface area (Å²) in [6.07, 6.45) is 0.421. The number of hydrogen-bond acceptors (Lipinski definition) is 4. The molecule has 138 valence electrons. The number of amides is 2. The lowest BCUT2D eigenvalue weighted by molar-refractivity contribution is -0.137. The van der Waals surface area contributed by atoms with Gasteiger partial charge in [-0.05, 0) is 41.5 Å². The Morgan fingerprint density at radius 2 is 1.92 bits per heavy atom. The molecule has 1 aromatic heterocycles. The number of aryl methyl sites for hydroxylation is 1. The van der Waals surface area contributed by atoms with Crippen LogP contribution in [-0.2, 0) is 16.0 Å². The second-order valence-corrected chi connectivity index (χ2v) is 7.20. The maximum atomic E-state index is 12.6. The predicted octanol–water partition coefficient (Wildman–Crippen LogP) is 3.16. The molecule has 6 nitrogen and oxygen atoms in total. The van der Waals surface area contributed by atoms with E-state index in [1.54, 1.807) is 30.3 Å². The Kier molecular flexibility index (Phi) is 6.91. The molecule has 1 heterocycles. The molecule has 0 bridgehead atoms. The number of benzene rings is 1. The Bertz CT molecular complexity index is 772. The van der Waals surface area contributed by atoms with E-state index in [0.717, 1.165) is 5.56 Å². The standard InChI is InChI=1S/C19H22N2O4S/c1-12(2)17(21-18(24)15-7-4-10-26-15)19(25)20-14-6-3-5-13(11-14)8-9-16(22)23/h3-7,10-12,17H,8-9H2,1-2H3,(H,20,25)(H,21,24)(H,22,23). The maximum Gasteiger partial charge on any atom is 0.303 e. The molecule has 1 atom stereocenters. The van der Waals surface area contributed by atoms with Gasteiger partial charge in [0, 0.05) is 12.1 Å². The van der Waals surface area contributed by atoms with Gasteiger partial charge in [-0.3, -0.25) is 14.4 Å². The van der Waals surface area contributed by atoms with Crippen molar-refractivity contribution in [3.8, 4) is 0 Å². The fraction of sp³-hybridized carbons (Fsp3) is 0.316. The molecule has 0 spiro atoms. The number of carbonyl (C=O) groups excluding carboxylic acids is 2. The summed E-state index contributed by atoms with van der Waals surface area (Å²) in [4.78, 5) is 36.1. The number of nitrogens with one attached hydrogen (secondary N) is 2. The van der Waals surface area contributed by atoms with Crippen molar-refractivity contribution in [2.45, 2.75) is 32.7 Å². The van der Waals surface area contributed by atoms with Crippen molar-refractivity contribution in [3.05, 3.63) is 52.2 Å². The highest BCUT2D eigenvalue weighted by Gasteiger charge is 2.25. The Hall–Kier alpha value is -2.67. The summed E-state index contributed by atoms with van der Waals surface area (Å²) in [7, 11) is 0. The van der Waals surface area contributed by atoms with Crippen LogP contribution in [0.25, 0.3) is 0 Å². The number of aliphatic carboxylic acids is 1. The first-order valence-electron chi connectivity index (χ1n) is 8.33. The molecule has 3 N–H and O–H groups in total. The number of carboxylic acid groups (broad SMARTS) is 1. The Labute approximate surface area is 156 Å². The highest BCUT2D eigenvalue weighted by Crippen LogP contribution is 2.15. The Morgan fingerprint density at radius 3 is 2.54 bits per heavy atom. The summed E-state index contributed by atoms with van der Waals surface area (Å²) in [6, 6.07) is 9.89. The average Bonchev–Trinajstić information content (AvgIpc) is 3.12. The number of rotatable bonds is 8. The lowest BCUT2D eigenvalue weighted by Crippen LogP contribution is -2.46. The molecular formula is C19H22N2O4S. The van der Waals surface area contributed by atoms with Gasteiger partial charge in [-0.15, -0.1) is 11.3 Å². The molecular weight excluding hydrogens is 352 g/mol. The van der Waals surface area contributed by atoms with Crippen LogP contribution in [0.2, 0.25) is 0 Å². The lowest BCUT2D eigenvalue weighted by Gasteiger charge is -2.21. The van der Waals surface area contributed by atoms with Crippen LogP contribution in [0.1, 0.15) is 35.5 Å². The van der Waals surface area contributed by atoms with E-state index >= 15 is 0 Å². The molecule has 2 amide bonds. The van der Waals surface area contributed by atoms with Gasteiger partial charge in [-0.25, -0.2) is 0 Å². The van der Waals surface area contributed by atoms with Gasteiger partial charge in [-0.2, -0.15) is 0 Å². The Morgan fingerprint density at radius 1 is 1.15 bits per heavy atom. The van der Waals surface area contributed by atoms with Crippen LogP contribution >= 0.6 is 11.3 Å². The molecule has 0 saturated carbocycles. The molecule has 26 heavy (non-hydrogen) atoms. The number of carbonyl (C=O) groups is 3. The van der Waals surface area contributed by atoms with Gasteiger partial charge in [0.2, 0.25) is 5.91 Å². The third-order valence-electron chi connectivity index (χ3n) is 3.80. The van der Waals surface area contributed by atoms with E-state index in [4.69, 9.17) is 5.11 Å². The van der Waals surface area contributed by atoms with Crippen molar-refractivity contribution in [1.82, 2.24) is 5.32 Å². The molecule has 2 rings (SSSR count). The van der Waals surface area contributed by atoms with Gasteiger partial charge < -0.3 is 15.7 Å². The highest BCUT2D eigenvalue weighted by atomic mass is 32.1. The van der Waals surface area contributed by atoms with Crippen LogP contribution in [0.4, 0.5) is 5.69 Å². The molecule has 0 aliphatic heterocycles. The summed E-state index contributed by atoms with van der Waals surface area (Å²) >= 11 is 1.32. The fourth-order valence-electron chi connectivity index (χ4n) is 2.43. The van der Waals surface area contributed by atoms with E-state index in [0.29, 0.717) is 17.0 Å². The van der Waals surface area contributed by atoms with Crippen molar-refractivity contribution in [1.29, 1.82) is 0 Å².